The molecule has 0 aromatic carbocycles. The van der Waals surface area contributed by atoms with E-state index in [1.807, 2.05) is 0 Å². The Labute approximate surface area is 26.9 Å². The third-order valence-corrected chi connectivity index (χ3v) is 0.0718. The van der Waals surface area contributed by atoms with E-state index in [4.69, 9.17) is 10.1 Å². The van der Waals surface area contributed by atoms with Crippen LogP contribution in [0.25, 0.3) is 0 Å². The second kappa shape index (κ2) is 1.66. The fourth-order valence-corrected chi connectivity index (χ4v) is 0. The molecule has 0 bridgehead atoms. The molecule has 0 amide bonds. The van der Waals surface area contributed by atoms with Crippen molar-refractivity contribution in [2.75, 3.05) is 0 Å². The van der Waals surface area contributed by atoms with Crippen LogP contribution in [0.3, 0.4) is 0 Å². The van der Waals surface area contributed by atoms with Crippen LogP contribution in [0.1, 0.15) is 0 Å². The van der Waals surface area contributed by atoms with Gasteiger partial charge in [-0.05, 0) is 0 Å². The van der Waals surface area contributed by atoms with Crippen molar-refractivity contribution in [1.82, 2.24) is 0 Å². The predicted molar refractivity (Wildman–Crippen MR) is 10.2 cm³/mol. The lowest BCUT2D eigenvalue weighted by Gasteiger charge is -1.71. The summed E-state index contributed by atoms with van der Waals surface area (Å²) >= 11 is 0. The fraction of sp³-hybridized carbons (Fsp3) is 0. The molecule has 0 spiro atoms. The molecule has 0 aliphatic carbocycles. The van der Waals surface area contributed by atoms with E-state index in [0.29, 0.717) is 0 Å². The molecule has 0 aliphatic heterocycles. The SMILES string of the molecule is O=C(F)OO. The zero-order chi connectivity index (χ0) is 4.28. The van der Waals surface area contributed by atoms with Gasteiger partial charge in [-0.3, -0.25) is 4.89 Å². The molecule has 1 N–H and O–H groups in total. The van der Waals surface area contributed by atoms with Gasteiger partial charge in [-0.1, -0.05) is 0 Å². The van der Waals surface area contributed by atoms with E-state index in [1.165, 1.54) is 0 Å². The lowest BCUT2D eigenvalue weighted by Crippen LogP contribution is -1.83. The monoisotopic (exact) mass is 80.0 g/mol. The van der Waals surface area contributed by atoms with E-state index in [-0.39, 0.29) is 0 Å². The molecule has 0 heterocycles. The second-order valence-corrected chi connectivity index (χ2v) is 0.329. The summed E-state index contributed by atoms with van der Waals surface area (Å²) in [7, 11) is 0. The number of hydrogen-bond donors (Lipinski definition) is 1. The molecule has 0 rings (SSSR count). The van der Waals surface area contributed by atoms with Gasteiger partial charge in [0.05, 0.1) is 0 Å². The Kier molecular flexibility index (Phi) is 1.45. The van der Waals surface area contributed by atoms with Gasteiger partial charge in [0.25, 0.3) is 0 Å². The average molecular weight is 80.0 g/mol. The standard InChI is InChI=1S/CHFO3/c2-1(3)5-4/h4H. The van der Waals surface area contributed by atoms with E-state index in [9.17, 15) is 4.39 Å². The van der Waals surface area contributed by atoms with Gasteiger partial charge in [-0.15, -0.1) is 4.39 Å². The summed E-state index contributed by atoms with van der Waals surface area (Å²) in [6.45, 7) is 0. The lowest BCUT2D eigenvalue weighted by atomic mass is 11.5. The first-order chi connectivity index (χ1) is 2.27. The molecule has 0 aromatic rings. The molecule has 0 saturated carbocycles. The molecule has 0 fully saturated rings. The number of hydrogen-bond acceptors (Lipinski definition) is 3. The van der Waals surface area contributed by atoms with E-state index in [1.54, 1.807) is 0 Å². The number of halogens is 1. The maximum Gasteiger partial charge on any atom is 0.527 e. The molecule has 5 heavy (non-hydrogen) atoms. The molecule has 4 heteroatoms. The van der Waals surface area contributed by atoms with Crippen molar-refractivity contribution in [3.63, 3.8) is 0 Å². The van der Waals surface area contributed by atoms with Crippen molar-refractivity contribution in [3.8, 4) is 0 Å². The Morgan fingerprint density at radius 1 is 2.00 bits per heavy atom. The highest BCUT2D eigenvalue weighted by atomic mass is 19.1. The topological polar surface area (TPSA) is 46.5 Å². The van der Waals surface area contributed by atoms with E-state index in [2.05, 4.69) is 4.89 Å². The number of carbonyl (C=O) groups excluding carboxylic acids is 1. The summed E-state index contributed by atoms with van der Waals surface area (Å²) in [6.07, 6.45) is -2.19. The predicted octanol–water partition coefficient (Wildman–Crippen LogP) is 0.565. The van der Waals surface area contributed by atoms with Crippen molar-refractivity contribution in [1.29, 1.82) is 0 Å². The highest BCUT2D eigenvalue weighted by Gasteiger charge is 1.87. The molecule has 0 saturated heterocycles. The van der Waals surface area contributed by atoms with Crippen LogP contribution in [-0.4, -0.2) is 11.5 Å². The third kappa shape index (κ3) is 3.36. The van der Waals surface area contributed by atoms with Crippen molar-refractivity contribution in [3.05, 3.63) is 0 Å². The van der Waals surface area contributed by atoms with Gasteiger partial charge in [-0.25, -0.2) is 4.79 Å². The van der Waals surface area contributed by atoms with Crippen LogP contribution in [-0.2, 0) is 4.89 Å². The lowest BCUT2D eigenvalue weighted by molar-refractivity contribution is -0.186. The minimum atomic E-state index is -2.19. The van der Waals surface area contributed by atoms with Gasteiger partial charge < -0.3 is 0 Å². The van der Waals surface area contributed by atoms with Crippen LogP contribution < -0.4 is 0 Å². The molecular weight excluding hydrogens is 79.0 g/mol. The maximum atomic E-state index is 10.3. The first-order valence-corrected chi connectivity index (χ1v) is 0.780. The summed E-state index contributed by atoms with van der Waals surface area (Å²) in [5, 5.41) is 6.92. The highest BCUT2D eigenvalue weighted by Crippen LogP contribution is 1.70. The van der Waals surface area contributed by atoms with Gasteiger partial charge in [0.1, 0.15) is 0 Å². The Morgan fingerprint density at radius 3 is 2.20 bits per heavy atom. The van der Waals surface area contributed by atoms with Crippen LogP contribution in [0.2, 0.25) is 0 Å². The summed E-state index contributed by atoms with van der Waals surface area (Å²) in [5.74, 6) is 0. The van der Waals surface area contributed by atoms with Crippen LogP contribution in [0, 0.1) is 0 Å². The molecule has 0 atom stereocenters. The molecule has 3 nitrogen and oxygen atoms in total. The van der Waals surface area contributed by atoms with Gasteiger partial charge in [-0.2, -0.15) is 5.26 Å². The second-order valence-electron chi connectivity index (χ2n) is 0.329. The summed E-state index contributed by atoms with van der Waals surface area (Å²) < 4.78 is 10.3. The summed E-state index contributed by atoms with van der Waals surface area (Å²) in [4.78, 5) is 11.1. The van der Waals surface area contributed by atoms with Crippen LogP contribution >= 0.6 is 0 Å². The molecule has 0 radical (unpaired) electrons. The van der Waals surface area contributed by atoms with Crippen LogP contribution in [0.15, 0.2) is 0 Å². The average Bonchev–Trinajstić information content (AvgIpc) is 1.38. The van der Waals surface area contributed by atoms with Gasteiger partial charge in [0.2, 0.25) is 0 Å². The van der Waals surface area contributed by atoms with Crippen molar-refractivity contribution in [2.45, 2.75) is 0 Å². The van der Waals surface area contributed by atoms with Crippen LogP contribution in [0.5, 0.6) is 0 Å². The molecule has 30 valence electrons. The molecule has 0 aromatic heterocycles. The first-order valence-electron chi connectivity index (χ1n) is 0.780. The number of rotatable bonds is 0. The van der Waals surface area contributed by atoms with Crippen LogP contribution in [0.4, 0.5) is 9.18 Å². The normalized spacial score (nSPS) is 6.80. The Balaban J connectivity index is 2.85. The van der Waals surface area contributed by atoms with Crippen molar-refractivity contribution in [2.24, 2.45) is 0 Å². The molecular formula is CHFO3. The van der Waals surface area contributed by atoms with Crippen molar-refractivity contribution >= 4 is 6.22 Å². The zero-order valence-corrected chi connectivity index (χ0v) is 2.14. The summed E-state index contributed by atoms with van der Waals surface area (Å²) in [5.41, 5.74) is 0. The quantitative estimate of drug-likeness (QED) is 0.263. The largest absolute Gasteiger partial charge is 0.527 e. The minimum absolute atomic E-state index is 2.19. The first kappa shape index (κ1) is 4.36. The van der Waals surface area contributed by atoms with Crippen molar-refractivity contribution < 1.29 is 19.3 Å². The highest BCUT2D eigenvalue weighted by molar-refractivity contribution is 5.56. The van der Waals surface area contributed by atoms with Gasteiger partial charge in [0, 0.05) is 0 Å². The fourth-order valence-electron chi connectivity index (χ4n) is 0. The van der Waals surface area contributed by atoms with E-state index >= 15 is 0 Å². The Bertz CT molecular complexity index is 42.2. The zero-order valence-electron chi connectivity index (χ0n) is 2.14. The third-order valence-electron chi connectivity index (χ3n) is 0.0718. The summed E-state index contributed by atoms with van der Waals surface area (Å²) in [6, 6.07) is 0. The maximum absolute atomic E-state index is 10.3. The molecule has 0 aliphatic rings. The minimum Gasteiger partial charge on any atom is -0.268 e. The Hall–Kier alpha value is -0.640. The Morgan fingerprint density at radius 2 is 2.20 bits per heavy atom. The van der Waals surface area contributed by atoms with E-state index in [0.717, 1.165) is 0 Å². The molecule has 0 unspecified atom stereocenters. The van der Waals surface area contributed by atoms with E-state index < -0.39 is 6.22 Å². The van der Waals surface area contributed by atoms with Gasteiger partial charge in [0.15, 0.2) is 0 Å². The van der Waals surface area contributed by atoms with Gasteiger partial charge >= 0.3 is 6.22 Å². The number of carbonyl (C=O) groups is 1. The smallest absolute Gasteiger partial charge is 0.268 e.